The molecule has 1 aromatic rings. The van der Waals surface area contributed by atoms with Gasteiger partial charge in [0.15, 0.2) is 0 Å². The highest BCUT2D eigenvalue weighted by Gasteiger charge is 2.38. The molecular weight excluding hydrogens is 358 g/mol. The molecule has 138 valence electrons. The zero-order chi connectivity index (χ0) is 16.9. The number of benzene rings is 1. The van der Waals surface area contributed by atoms with Gasteiger partial charge in [-0.25, -0.2) is 0 Å². The second-order valence-corrected chi connectivity index (χ2v) is 7.59. The molecule has 25 heavy (non-hydrogen) atoms. The van der Waals surface area contributed by atoms with E-state index < -0.39 is 0 Å². The molecule has 0 radical (unpaired) electrons. The van der Waals surface area contributed by atoms with Gasteiger partial charge >= 0.3 is 0 Å². The Labute approximate surface area is 159 Å². The number of thioether (sulfide) groups is 1. The first-order chi connectivity index (χ1) is 11.6. The topological polar surface area (TPSA) is 75.4 Å². The molecule has 1 unspecified atom stereocenters. The summed E-state index contributed by atoms with van der Waals surface area (Å²) in [6, 6.07) is 7.38. The van der Waals surface area contributed by atoms with Crippen LogP contribution in [-0.4, -0.2) is 40.9 Å². The van der Waals surface area contributed by atoms with E-state index in [9.17, 15) is 9.59 Å². The second-order valence-electron chi connectivity index (χ2n) is 6.59. The Kier molecular flexibility index (Phi) is 7.44. The minimum Gasteiger partial charge on any atom is -0.399 e. The molecule has 0 bridgehead atoms. The smallest absolute Gasteiger partial charge is 0.243 e. The largest absolute Gasteiger partial charge is 0.399 e. The monoisotopic (exact) mass is 383 g/mol. The molecule has 2 amide bonds. The van der Waals surface area contributed by atoms with Gasteiger partial charge in [-0.2, -0.15) is 0 Å². The molecule has 1 aliphatic heterocycles. The van der Waals surface area contributed by atoms with Crippen molar-refractivity contribution in [2.24, 2.45) is 5.92 Å². The van der Waals surface area contributed by atoms with Gasteiger partial charge in [-0.15, -0.1) is 24.2 Å². The average molecular weight is 384 g/mol. The maximum Gasteiger partial charge on any atom is 0.243 e. The molecular formula is C18H26ClN3O2S. The van der Waals surface area contributed by atoms with Crippen molar-refractivity contribution in [2.45, 2.75) is 38.1 Å². The van der Waals surface area contributed by atoms with E-state index in [1.165, 1.54) is 0 Å². The van der Waals surface area contributed by atoms with Gasteiger partial charge in [-0.1, -0.05) is 25.0 Å². The van der Waals surface area contributed by atoms with E-state index in [-0.39, 0.29) is 36.2 Å². The predicted molar refractivity (Wildman–Crippen MR) is 105 cm³/mol. The van der Waals surface area contributed by atoms with Gasteiger partial charge in [0.25, 0.3) is 0 Å². The Morgan fingerprint density at radius 2 is 1.88 bits per heavy atom. The number of halogens is 1. The van der Waals surface area contributed by atoms with Crippen molar-refractivity contribution in [3.63, 3.8) is 0 Å². The summed E-state index contributed by atoms with van der Waals surface area (Å²) in [7, 11) is 0. The third-order valence-electron chi connectivity index (χ3n) is 4.87. The summed E-state index contributed by atoms with van der Waals surface area (Å²) in [6.45, 7) is 0.579. The first-order valence-corrected chi connectivity index (χ1v) is 9.81. The number of carbonyl (C=O) groups is 2. The SMILES string of the molecule is Cl.Nc1ccc(CCNC(=O)C2CSCN2C(=O)C2CCCC2)cc1. The predicted octanol–water partition coefficient (Wildman–Crippen LogP) is 2.44. The zero-order valence-corrected chi connectivity index (χ0v) is 15.9. The number of carbonyl (C=O) groups excluding carboxylic acids is 2. The molecule has 0 spiro atoms. The van der Waals surface area contributed by atoms with Gasteiger partial charge in [-0.05, 0) is 37.0 Å². The van der Waals surface area contributed by atoms with E-state index in [0.717, 1.165) is 43.4 Å². The molecule has 1 saturated carbocycles. The molecule has 1 aliphatic carbocycles. The summed E-state index contributed by atoms with van der Waals surface area (Å²) in [6.07, 6.45) is 4.99. The molecule has 2 fully saturated rings. The van der Waals surface area contributed by atoms with Crippen molar-refractivity contribution in [1.82, 2.24) is 10.2 Å². The molecule has 5 nitrogen and oxygen atoms in total. The fourth-order valence-electron chi connectivity index (χ4n) is 3.42. The second kappa shape index (κ2) is 9.34. The zero-order valence-electron chi connectivity index (χ0n) is 14.3. The summed E-state index contributed by atoms with van der Waals surface area (Å²) in [5, 5.41) is 2.99. The normalized spacial score (nSPS) is 20.3. The average Bonchev–Trinajstić information content (AvgIpc) is 3.27. The number of nitrogens with one attached hydrogen (secondary N) is 1. The van der Waals surface area contributed by atoms with Crippen LogP contribution in [0.4, 0.5) is 5.69 Å². The van der Waals surface area contributed by atoms with Crippen LogP contribution < -0.4 is 11.1 Å². The van der Waals surface area contributed by atoms with Crippen molar-refractivity contribution >= 4 is 41.7 Å². The Bertz CT molecular complexity index is 590. The third kappa shape index (κ3) is 5.05. The lowest BCUT2D eigenvalue weighted by Crippen LogP contribution is -2.49. The summed E-state index contributed by atoms with van der Waals surface area (Å²) >= 11 is 1.67. The van der Waals surface area contributed by atoms with Crippen LogP contribution in [0, 0.1) is 5.92 Å². The molecule has 3 rings (SSSR count). The van der Waals surface area contributed by atoms with Crippen LogP contribution in [0.2, 0.25) is 0 Å². The van der Waals surface area contributed by atoms with Gasteiger partial charge in [-0.3, -0.25) is 9.59 Å². The minimum absolute atomic E-state index is 0. The van der Waals surface area contributed by atoms with E-state index in [0.29, 0.717) is 18.2 Å². The molecule has 0 aromatic heterocycles. The number of nitrogens with zero attached hydrogens (tertiary/aromatic N) is 1. The summed E-state index contributed by atoms with van der Waals surface area (Å²) in [5.41, 5.74) is 7.56. The van der Waals surface area contributed by atoms with Gasteiger partial charge < -0.3 is 16.0 Å². The van der Waals surface area contributed by atoms with Gasteiger partial charge in [0.1, 0.15) is 6.04 Å². The quantitative estimate of drug-likeness (QED) is 0.766. The van der Waals surface area contributed by atoms with Crippen LogP contribution in [0.25, 0.3) is 0 Å². The van der Waals surface area contributed by atoms with E-state index >= 15 is 0 Å². The number of hydrogen-bond donors (Lipinski definition) is 2. The van der Waals surface area contributed by atoms with Gasteiger partial charge in [0, 0.05) is 23.9 Å². The van der Waals surface area contributed by atoms with Crippen molar-refractivity contribution in [2.75, 3.05) is 23.9 Å². The fraction of sp³-hybridized carbons (Fsp3) is 0.556. The van der Waals surface area contributed by atoms with E-state index in [2.05, 4.69) is 5.32 Å². The molecule has 1 saturated heterocycles. The number of amides is 2. The Balaban J connectivity index is 0.00000225. The van der Waals surface area contributed by atoms with Crippen LogP contribution in [0.1, 0.15) is 31.2 Å². The molecule has 3 N–H and O–H groups in total. The Hall–Kier alpha value is -1.40. The fourth-order valence-corrected chi connectivity index (χ4v) is 4.58. The van der Waals surface area contributed by atoms with Crippen LogP contribution >= 0.6 is 24.2 Å². The summed E-state index contributed by atoms with van der Waals surface area (Å²) in [5.74, 6) is 1.63. The number of hydrogen-bond acceptors (Lipinski definition) is 4. The molecule has 1 atom stereocenters. The lowest BCUT2D eigenvalue weighted by atomic mass is 10.1. The van der Waals surface area contributed by atoms with E-state index in [1.54, 1.807) is 16.7 Å². The molecule has 1 heterocycles. The van der Waals surface area contributed by atoms with E-state index in [4.69, 9.17) is 5.73 Å². The lowest BCUT2D eigenvalue weighted by Gasteiger charge is -2.25. The maximum atomic E-state index is 12.6. The Morgan fingerprint density at radius 1 is 1.20 bits per heavy atom. The van der Waals surface area contributed by atoms with Crippen molar-refractivity contribution in [3.05, 3.63) is 29.8 Å². The first-order valence-electron chi connectivity index (χ1n) is 8.65. The third-order valence-corrected chi connectivity index (χ3v) is 5.88. The van der Waals surface area contributed by atoms with Crippen LogP contribution in [0.5, 0.6) is 0 Å². The number of nitrogens with two attached hydrogens (primary N) is 1. The highest BCUT2D eigenvalue weighted by atomic mass is 35.5. The van der Waals surface area contributed by atoms with Gasteiger partial charge in [0.2, 0.25) is 11.8 Å². The summed E-state index contributed by atoms with van der Waals surface area (Å²) < 4.78 is 0. The van der Waals surface area contributed by atoms with Crippen LogP contribution in [0.3, 0.4) is 0 Å². The number of nitrogen functional groups attached to an aromatic ring is 1. The van der Waals surface area contributed by atoms with Crippen LogP contribution in [-0.2, 0) is 16.0 Å². The molecule has 1 aromatic carbocycles. The molecule has 2 aliphatic rings. The van der Waals surface area contributed by atoms with E-state index in [1.807, 2.05) is 24.3 Å². The van der Waals surface area contributed by atoms with Gasteiger partial charge in [0.05, 0.1) is 5.88 Å². The maximum absolute atomic E-state index is 12.6. The standard InChI is InChI=1S/C18H25N3O2S.ClH/c19-15-7-5-13(6-8-15)9-10-20-17(22)16-11-24-12-21(16)18(23)14-3-1-2-4-14;/h5-8,14,16H,1-4,9-12,19H2,(H,20,22);1H. The first kappa shape index (κ1) is 19.9. The highest BCUT2D eigenvalue weighted by molar-refractivity contribution is 7.99. The molecule has 7 heteroatoms. The van der Waals surface area contributed by atoms with Crippen molar-refractivity contribution in [1.29, 1.82) is 0 Å². The van der Waals surface area contributed by atoms with Crippen molar-refractivity contribution in [3.8, 4) is 0 Å². The van der Waals surface area contributed by atoms with Crippen molar-refractivity contribution < 1.29 is 9.59 Å². The minimum atomic E-state index is -0.311. The number of anilines is 1. The lowest BCUT2D eigenvalue weighted by molar-refractivity contribution is -0.141. The number of rotatable bonds is 5. The summed E-state index contributed by atoms with van der Waals surface area (Å²) in [4.78, 5) is 26.9. The highest BCUT2D eigenvalue weighted by Crippen LogP contribution is 2.30. The Morgan fingerprint density at radius 3 is 2.56 bits per heavy atom. The van der Waals surface area contributed by atoms with Crippen LogP contribution in [0.15, 0.2) is 24.3 Å².